The molecule has 1 rings (SSSR count). The quantitative estimate of drug-likeness (QED) is 0.297. The summed E-state index contributed by atoms with van der Waals surface area (Å²) >= 11 is 12.2. The summed E-state index contributed by atoms with van der Waals surface area (Å²) in [7, 11) is 0. The molecular weight excluding hydrogens is 227 g/mol. The number of halogens is 2. The summed E-state index contributed by atoms with van der Waals surface area (Å²) in [6.07, 6.45) is 1.33. The summed E-state index contributed by atoms with van der Waals surface area (Å²) in [5.74, 6) is 0. The van der Waals surface area contributed by atoms with Crippen LogP contribution in [0.25, 0.3) is 0 Å². The fraction of sp³-hybridized carbons (Fsp3) is 1.00. The van der Waals surface area contributed by atoms with Crippen LogP contribution in [0.1, 0.15) is 13.3 Å². The van der Waals surface area contributed by atoms with E-state index in [0.717, 1.165) is 38.3 Å². The molecule has 1 atom stereocenters. The third-order valence-electron chi connectivity index (χ3n) is 2.05. The molecule has 0 radical (unpaired) electrons. The lowest BCUT2D eigenvalue weighted by molar-refractivity contribution is 0.117. The van der Waals surface area contributed by atoms with Gasteiger partial charge in [0.25, 0.3) is 6.69 Å². The molecule has 0 aliphatic carbocycles. The maximum Gasteiger partial charge on any atom is 0.251 e. The second-order valence-corrected chi connectivity index (χ2v) is 11.2. The summed E-state index contributed by atoms with van der Waals surface area (Å²) in [5.41, 5.74) is 0. The van der Waals surface area contributed by atoms with Crippen LogP contribution in [-0.4, -0.2) is 32.6 Å². The molecule has 0 N–H and O–H groups in total. The van der Waals surface area contributed by atoms with Gasteiger partial charge in [0, 0.05) is 6.61 Å². The summed E-state index contributed by atoms with van der Waals surface area (Å²) in [4.78, 5) is 0. The second kappa shape index (κ2) is 5.56. The van der Waals surface area contributed by atoms with Gasteiger partial charge in [0.1, 0.15) is 6.10 Å². The number of hydrogen-bond donors (Lipinski definition) is 0. The zero-order chi connectivity index (χ0) is 9.73. The first-order valence-corrected chi connectivity index (χ1v) is 9.15. The summed E-state index contributed by atoms with van der Waals surface area (Å²) < 4.78 is 10.4. The van der Waals surface area contributed by atoms with Crippen LogP contribution in [0.2, 0.25) is 12.1 Å². The van der Waals surface area contributed by atoms with Gasteiger partial charge in [0.15, 0.2) is 0 Å². The Hall–Kier alpha value is 0.717. The van der Waals surface area contributed by atoms with E-state index in [1.807, 2.05) is 6.92 Å². The second-order valence-electron chi connectivity index (χ2n) is 3.34. The van der Waals surface area contributed by atoms with Gasteiger partial charge < -0.3 is 9.47 Å². The van der Waals surface area contributed by atoms with Crippen molar-refractivity contribution in [1.82, 2.24) is 0 Å². The van der Waals surface area contributed by atoms with Crippen LogP contribution in [0, 0.1) is 0 Å². The normalized spacial score (nSPS) is 21.9. The van der Waals surface area contributed by atoms with Gasteiger partial charge in [-0.25, -0.2) is 0 Å². The molecule has 1 heterocycles. The Labute approximate surface area is 89.9 Å². The zero-order valence-electron chi connectivity index (χ0n) is 7.89. The minimum Gasteiger partial charge on any atom is -0.379 e. The summed E-state index contributed by atoms with van der Waals surface area (Å²) in [6, 6.07) is 1.85. The van der Waals surface area contributed by atoms with Gasteiger partial charge in [-0.3, -0.25) is 0 Å². The first kappa shape index (κ1) is 11.8. The molecule has 0 bridgehead atoms. The van der Waals surface area contributed by atoms with E-state index in [2.05, 4.69) is 0 Å². The highest BCUT2D eigenvalue weighted by Crippen LogP contribution is 2.26. The van der Waals surface area contributed by atoms with Crippen molar-refractivity contribution < 1.29 is 9.47 Å². The highest BCUT2D eigenvalue weighted by molar-refractivity contribution is 7.45. The van der Waals surface area contributed by atoms with E-state index in [0.29, 0.717) is 6.10 Å². The molecule has 1 unspecified atom stereocenters. The lowest BCUT2D eigenvalue weighted by atomic mass is 10.5. The van der Waals surface area contributed by atoms with Crippen molar-refractivity contribution in [3.8, 4) is 0 Å². The topological polar surface area (TPSA) is 21.8 Å². The van der Waals surface area contributed by atoms with Gasteiger partial charge >= 0.3 is 0 Å². The van der Waals surface area contributed by atoms with E-state index in [-0.39, 0.29) is 0 Å². The van der Waals surface area contributed by atoms with Crippen molar-refractivity contribution in [1.29, 1.82) is 0 Å². The molecule has 13 heavy (non-hydrogen) atoms. The Balaban J connectivity index is 1.87. The summed E-state index contributed by atoms with van der Waals surface area (Å²) in [5, 5.41) is 0. The van der Waals surface area contributed by atoms with Gasteiger partial charge in [-0.05, 0) is 18.5 Å². The third-order valence-corrected chi connectivity index (χ3v) is 6.91. The van der Waals surface area contributed by atoms with Crippen LogP contribution in [0.3, 0.4) is 0 Å². The predicted molar refractivity (Wildman–Crippen MR) is 57.9 cm³/mol. The van der Waals surface area contributed by atoms with Crippen LogP contribution < -0.4 is 0 Å². The molecule has 0 saturated carbocycles. The third kappa shape index (κ3) is 5.91. The molecule has 2 nitrogen and oxygen atoms in total. The molecular formula is C8H16Cl2O2Si. The van der Waals surface area contributed by atoms with Crippen LogP contribution in [0.5, 0.6) is 0 Å². The maximum absolute atomic E-state index is 6.10. The Morgan fingerprint density at radius 1 is 1.54 bits per heavy atom. The average Bonchev–Trinajstić information content (AvgIpc) is 2.87. The molecule has 0 amide bonds. The maximum atomic E-state index is 6.10. The smallest absolute Gasteiger partial charge is 0.251 e. The number of ether oxygens (including phenoxy) is 2. The number of epoxide rings is 1. The van der Waals surface area contributed by atoms with Crippen molar-refractivity contribution in [2.45, 2.75) is 31.5 Å². The van der Waals surface area contributed by atoms with Crippen molar-refractivity contribution in [2.75, 3.05) is 19.8 Å². The molecule has 1 saturated heterocycles. The van der Waals surface area contributed by atoms with Crippen LogP contribution >= 0.6 is 22.2 Å². The Morgan fingerprint density at radius 3 is 2.77 bits per heavy atom. The van der Waals surface area contributed by atoms with Crippen molar-refractivity contribution in [2.24, 2.45) is 0 Å². The lowest BCUT2D eigenvalue weighted by Gasteiger charge is -2.13. The minimum absolute atomic E-state index is 0.361. The molecule has 0 spiro atoms. The standard InChI is InChI=1S/C8H16Cl2O2Si/c1-2-13(9,10)5-3-4-11-6-8-7-12-8/h8H,2-7H2,1H3. The van der Waals surface area contributed by atoms with Crippen LogP contribution in [-0.2, 0) is 9.47 Å². The first-order valence-electron chi connectivity index (χ1n) is 4.71. The molecule has 0 aromatic carbocycles. The van der Waals surface area contributed by atoms with Crippen LogP contribution in [0.4, 0.5) is 0 Å². The highest BCUT2D eigenvalue weighted by atomic mass is 35.7. The molecule has 1 aliphatic heterocycles. The van der Waals surface area contributed by atoms with Gasteiger partial charge in [0.2, 0.25) is 0 Å². The average molecular weight is 243 g/mol. The Morgan fingerprint density at radius 2 is 2.23 bits per heavy atom. The predicted octanol–water partition coefficient (Wildman–Crippen LogP) is 2.73. The SMILES string of the molecule is CC[Si](Cl)(Cl)CCCOCC1CO1. The van der Waals surface area contributed by atoms with Crippen molar-refractivity contribution in [3.63, 3.8) is 0 Å². The molecule has 5 heteroatoms. The Kier molecular flexibility index (Phi) is 5.04. The fourth-order valence-corrected chi connectivity index (χ4v) is 2.81. The van der Waals surface area contributed by atoms with Crippen LogP contribution in [0.15, 0.2) is 0 Å². The van der Waals surface area contributed by atoms with Crippen molar-refractivity contribution >= 4 is 28.9 Å². The largest absolute Gasteiger partial charge is 0.379 e. The zero-order valence-corrected chi connectivity index (χ0v) is 10.4. The van der Waals surface area contributed by atoms with E-state index in [9.17, 15) is 0 Å². The van der Waals surface area contributed by atoms with Gasteiger partial charge in [-0.1, -0.05) is 6.92 Å². The first-order chi connectivity index (χ1) is 6.14. The van der Waals surface area contributed by atoms with E-state index in [4.69, 9.17) is 31.6 Å². The van der Waals surface area contributed by atoms with E-state index >= 15 is 0 Å². The van der Waals surface area contributed by atoms with Gasteiger partial charge in [0.05, 0.1) is 13.2 Å². The fourth-order valence-electron chi connectivity index (χ4n) is 0.989. The lowest BCUT2D eigenvalue weighted by Crippen LogP contribution is -2.17. The molecule has 0 aromatic heterocycles. The van der Waals surface area contributed by atoms with E-state index < -0.39 is 6.69 Å². The van der Waals surface area contributed by atoms with Crippen molar-refractivity contribution in [3.05, 3.63) is 0 Å². The molecule has 1 fully saturated rings. The monoisotopic (exact) mass is 242 g/mol. The molecule has 78 valence electrons. The minimum atomic E-state index is -1.91. The van der Waals surface area contributed by atoms with E-state index in [1.165, 1.54) is 0 Å². The molecule has 0 aromatic rings. The molecule has 1 aliphatic rings. The van der Waals surface area contributed by atoms with Gasteiger partial charge in [-0.2, -0.15) is 0 Å². The highest BCUT2D eigenvalue weighted by Gasteiger charge is 2.25. The number of hydrogen-bond acceptors (Lipinski definition) is 2. The number of rotatable bonds is 7. The van der Waals surface area contributed by atoms with E-state index in [1.54, 1.807) is 0 Å². The van der Waals surface area contributed by atoms with Gasteiger partial charge in [-0.15, -0.1) is 22.2 Å². The summed E-state index contributed by atoms with van der Waals surface area (Å²) in [6.45, 7) is 2.49. The Bertz CT molecular complexity index is 151.